The normalized spacial score (nSPS) is 16.0. The fraction of sp³-hybridized carbons (Fsp3) is 0.381. The van der Waals surface area contributed by atoms with Crippen LogP contribution in [0.25, 0.3) is 0 Å². The fourth-order valence-corrected chi connectivity index (χ4v) is 3.40. The number of anilines is 1. The Labute approximate surface area is 164 Å². The Kier molecular flexibility index (Phi) is 5.41. The summed E-state index contributed by atoms with van der Waals surface area (Å²) in [7, 11) is 0. The largest absolute Gasteiger partial charge is 0.508 e. The van der Waals surface area contributed by atoms with Crippen LogP contribution in [0.5, 0.6) is 23.0 Å². The summed E-state index contributed by atoms with van der Waals surface area (Å²) in [6.45, 7) is 4.42. The number of rotatable bonds is 5. The van der Waals surface area contributed by atoms with Crippen molar-refractivity contribution in [3.63, 3.8) is 0 Å². The first-order chi connectivity index (χ1) is 13.7. The third-order valence-corrected chi connectivity index (χ3v) is 4.94. The first kappa shape index (κ1) is 18.3. The Morgan fingerprint density at radius 3 is 2.43 bits per heavy atom. The molecule has 0 aliphatic carbocycles. The van der Waals surface area contributed by atoms with E-state index in [9.17, 15) is 9.90 Å². The maximum atomic E-state index is 12.4. The van der Waals surface area contributed by atoms with Gasteiger partial charge in [0.25, 0.3) is 0 Å². The highest BCUT2D eigenvalue weighted by Crippen LogP contribution is 2.34. The zero-order valence-corrected chi connectivity index (χ0v) is 15.7. The molecule has 7 nitrogen and oxygen atoms in total. The Hall–Kier alpha value is -3.09. The van der Waals surface area contributed by atoms with E-state index in [0.717, 1.165) is 30.3 Å². The molecule has 2 aliphatic heterocycles. The van der Waals surface area contributed by atoms with Crippen molar-refractivity contribution in [3.05, 3.63) is 42.5 Å². The van der Waals surface area contributed by atoms with Crippen molar-refractivity contribution < 1.29 is 24.1 Å². The Morgan fingerprint density at radius 2 is 1.68 bits per heavy atom. The molecule has 4 rings (SSSR count). The number of benzene rings is 2. The summed E-state index contributed by atoms with van der Waals surface area (Å²) in [5.74, 6) is 2.51. The van der Waals surface area contributed by atoms with E-state index in [0.29, 0.717) is 45.1 Å². The van der Waals surface area contributed by atoms with Crippen LogP contribution in [0.2, 0.25) is 0 Å². The van der Waals surface area contributed by atoms with Crippen LogP contribution in [0.4, 0.5) is 5.69 Å². The number of carbonyl (C=O) groups excluding carboxylic acids is 1. The molecule has 1 N–H and O–H groups in total. The SMILES string of the molecule is O=C(CCOc1ccc(O)cc1)N1CCN(c2ccc3c(c2)OCCO3)CC1. The topological polar surface area (TPSA) is 71.5 Å². The average Bonchev–Trinajstić information content (AvgIpc) is 2.75. The van der Waals surface area contributed by atoms with Gasteiger partial charge >= 0.3 is 0 Å². The van der Waals surface area contributed by atoms with Gasteiger partial charge in [0.1, 0.15) is 24.7 Å². The first-order valence-corrected chi connectivity index (χ1v) is 9.53. The van der Waals surface area contributed by atoms with Gasteiger partial charge < -0.3 is 29.1 Å². The molecular formula is C21H24N2O5. The van der Waals surface area contributed by atoms with Gasteiger partial charge in [0.2, 0.25) is 5.91 Å². The van der Waals surface area contributed by atoms with Gasteiger partial charge in [-0.1, -0.05) is 0 Å². The number of carbonyl (C=O) groups is 1. The van der Waals surface area contributed by atoms with Gasteiger partial charge in [-0.25, -0.2) is 0 Å². The minimum atomic E-state index is 0.0978. The zero-order chi connectivity index (χ0) is 19.3. The number of aromatic hydroxyl groups is 1. The standard InChI is InChI=1S/C21H24N2O5/c24-17-2-4-18(5-3-17)26-12-7-21(25)23-10-8-22(9-11-23)16-1-6-19-20(15-16)28-14-13-27-19/h1-6,15,24H,7-14H2. The number of nitrogens with zero attached hydrogens (tertiary/aromatic N) is 2. The zero-order valence-electron chi connectivity index (χ0n) is 15.7. The summed E-state index contributed by atoms with van der Waals surface area (Å²) in [6, 6.07) is 12.5. The van der Waals surface area contributed by atoms with Crippen LogP contribution < -0.4 is 19.1 Å². The van der Waals surface area contributed by atoms with E-state index in [4.69, 9.17) is 14.2 Å². The van der Waals surface area contributed by atoms with Gasteiger partial charge in [-0.05, 0) is 36.4 Å². The third kappa shape index (κ3) is 4.24. The second-order valence-electron chi connectivity index (χ2n) is 6.79. The summed E-state index contributed by atoms with van der Waals surface area (Å²) in [5, 5.41) is 9.27. The van der Waals surface area contributed by atoms with Crippen LogP contribution in [0, 0.1) is 0 Å². The van der Waals surface area contributed by atoms with Crippen LogP contribution in [0.15, 0.2) is 42.5 Å². The molecule has 1 fully saturated rings. The van der Waals surface area contributed by atoms with E-state index in [1.165, 1.54) is 0 Å². The van der Waals surface area contributed by atoms with Gasteiger partial charge in [-0.15, -0.1) is 0 Å². The number of amides is 1. The molecule has 2 heterocycles. The lowest BCUT2D eigenvalue weighted by molar-refractivity contribution is -0.132. The van der Waals surface area contributed by atoms with Crippen molar-refractivity contribution in [1.82, 2.24) is 4.90 Å². The number of piperazine rings is 1. The lowest BCUT2D eigenvalue weighted by atomic mass is 10.2. The van der Waals surface area contributed by atoms with E-state index in [-0.39, 0.29) is 11.7 Å². The molecular weight excluding hydrogens is 360 g/mol. The molecule has 0 unspecified atom stereocenters. The lowest BCUT2D eigenvalue weighted by Crippen LogP contribution is -2.49. The minimum absolute atomic E-state index is 0.0978. The van der Waals surface area contributed by atoms with Gasteiger partial charge in [0.15, 0.2) is 11.5 Å². The molecule has 0 spiro atoms. The molecule has 1 amide bonds. The highest BCUT2D eigenvalue weighted by Gasteiger charge is 2.22. The monoisotopic (exact) mass is 384 g/mol. The lowest BCUT2D eigenvalue weighted by Gasteiger charge is -2.36. The summed E-state index contributed by atoms with van der Waals surface area (Å²) >= 11 is 0. The summed E-state index contributed by atoms with van der Waals surface area (Å²) in [6.07, 6.45) is 0.338. The predicted molar refractivity (Wildman–Crippen MR) is 104 cm³/mol. The number of fused-ring (bicyclic) bond motifs is 1. The molecule has 0 bridgehead atoms. The van der Waals surface area contributed by atoms with Crippen molar-refractivity contribution >= 4 is 11.6 Å². The molecule has 1 saturated heterocycles. The van der Waals surface area contributed by atoms with E-state index in [1.807, 2.05) is 23.1 Å². The maximum absolute atomic E-state index is 12.4. The Morgan fingerprint density at radius 1 is 0.964 bits per heavy atom. The molecule has 2 aromatic rings. The van der Waals surface area contributed by atoms with Crippen molar-refractivity contribution in [3.8, 4) is 23.0 Å². The number of phenolic OH excluding ortho intramolecular Hbond substituents is 1. The van der Waals surface area contributed by atoms with Gasteiger partial charge in [0, 0.05) is 37.9 Å². The van der Waals surface area contributed by atoms with Crippen LogP contribution in [-0.2, 0) is 4.79 Å². The van der Waals surface area contributed by atoms with Gasteiger partial charge in [-0.2, -0.15) is 0 Å². The maximum Gasteiger partial charge on any atom is 0.226 e. The molecule has 0 aromatic heterocycles. The highest BCUT2D eigenvalue weighted by molar-refractivity contribution is 5.76. The third-order valence-electron chi connectivity index (χ3n) is 4.94. The first-order valence-electron chi connectivity index (χ1n) is 9.53. The molecule has 28 heavy (non-hydrogen) atoms. The fourth-order valence-electron chi connectivity index (χ4n) is 3.40. The smallest absolute Gasteiger partial charge is 0.226 e. The van der Waals surface area contributed by atoms with E-state index < -0.39 is 0 Å². The van der Waals surface area contributed by atoms with E-state index in [1.54, 1.807) is 24.3 Å². The predicted octanol–water partition coefficient (Wildman–Crippen LogP) is 2.28. The molecule has 2 aliphatic rings. The molecule has 0 atom stereocenters. The van der Waals surface area contributed by atoms with Crippen molar-refractivity contribution in [2.75, 3.05) is 50.9 Å². The summed E-state index contributed by atoms with van der Waals surface area (Å²) in [4.78, 5) is 16.6. The minimum Gasteiger partial charge on any atom is -0.508 e. The molecule has 2 aromatic carbocycles. The highest BCUT2D eigenvalue weighted by atomic mass is 16.6. The van der Waals surface area contributed by atoms with Crippen molar-refractivity contribution in [1.29, 1.82) is 0 Å². The second-order valence-corrected chi connectivity index (χ2v) is 6.79. The number of ether oxygens (including phenoxy) is 3. The van der Waals surface area contributed by atoms with Crippen LogP contribution in [0.3, 0.4) is 0 Å². The molecule has 0 saturated carbocycles. The van der Waals surface area contributed by atoms with Crippen LogP contribution >= 0.6 is 0 Å². The van der Waals surface area contributed by atoms with Crippen molar-refractivity contribution in [2.24, 2.45) is 0 Å². The second kappa shape index (κ2) is 8.29. The summed E-state index contributed by atoms with van der Waals surface area (Å²) < 4.78 is 16.8. The van der Waals surface area contributed by atoms with Crippen molar-refractivity contribution in [2.45, 2.75) is 6.42 Å². The summed E-state index contributed by atoms with van der Waals surface area (Å²) in [5.41, 5.74) is 1.09. The Bertz CT molecular complexity index is 816. The number of hydrogen-bond donors (Lipinski definition) is 1. The van der Waals surface area contributed by atoms with Crippen LogP contribution in [0.1, 0.15) is 6.42 Å². The number of hydrogen-bond acceptors (Lipinski definition) is 6. The van der Waals surface area contributed by atoms with Gasteiger partial charge in [-0.3, -0.25) is 4.79 Å². The quantitative estimate of drug-likeness (QED) is 0.853. The van der Waals surface area contributed by atoms with Crippen LogP contribution in [-0.4, -0.2) is 61.9 Å². The van der Waals surface area contributed by atoms with E-state index >= 15 is 0 Å². The van der Waals surface area contributed by atoms with E-state index in [2.05, 4.69) is 4.90 Å². The van der Waals surface area contributed by atoms with Gasteiger partial charge in [0.05, 0.1) is 13.0 Å². The number of phenols is 1. The molecule has 0 radical (unpaired) electrons. The molecule has 148 valence electrons. The molecule has 7 heteroatoms. The Balaban J connectivity index is 1.24. The average molecular weight is 384 g/mol.